The third kappa shape index (κ3) is 7.66. The Balaban J connectivity index is 0.00000281. The van der Waals surface area contributed by atoms with Crippen LogP contribution in [-0.2, 0) is 17.4 Å². The maximum absolute atomic E-state index is 4.91. The van der Waals surface area contributed by atoms with Crippen LogP contribution >= 0.6 is 24.8 Å². The van der Waals surface area contributed by atoms with Gasteiger partial charge < -0.3 is 0 Å². The third-order valence-electron chi connectivity index (χ3n) is 11.2. The average Bonchev–Trinajstić information content (AvgIpc) is 3.65. The summed E-state index contributed by atoms with van der Waals surface area (Å²) in [6.07, 6.45) is 16.4. The summed E-state index contributed by atoms with van der Waals surface area (Å²) in [5.41, 5.74) is 17.1. The number of pyridine rings is 2. The molecule has 2 unspecified atom stereocenters. The molecule has 0 fully saturated rings. The van der Waals surface area contributed by atoms with Gasteiger partial charge in [-0.05, 0) is 0 Å². The van der Waals surface area contributed by atoms with Crippen molar-refractivity contribution < 1.29 is 17.4 Å². The maximum Gasteiger partial charge on any atom is -0.147 e. The quantitative estimate of drug-likeness (QED) is 0.133. The van der Waals surface area contributed by atoms with E-state index in [0.717, 1.165) is 11.4 Å². The summed E-state index contributed by atoms with van der Waals surface area (Å²) in [5.74, 6) is 0.904. The van der Waals surface area contributed by atoms with Crippen LogP contribution in [0.25, 0.3) is 34.7 Å². The Kier molecular flexibility index (Phi) is 13.2. The van der Waals surface area contributed by atoms with E-state index < -0.39 is 17.4 Å². The van der Waals surface area contributed by atoms with Crippen molar-refractivity contribution >= 4 is 43.8 Å². The molecule has 2 aliphatic rings. The second kappa shape index (κ2) is 16.3. The molecular weight excluding hydrogens is 747 g/mol. The molecule has 50 heavy (non-hydrogen) atoms. The van der Waals surface area contributed by atoms with Crippen LogP contribution in [0.3, 0.4) is 0 Å². The van der Waals surface area contributed by atoms with Gasteiger partial charge in [0.25, 0.3) is 0 Å². The Labute approximate surface area is 317 Å². The van der Waals surface area contributed by atoms with E-state index in [4.69, 9.17) is 9.97 Å². The smallest absolute Gasteiger partial charge is 0.147 e. The first-order chi connectivity index (χ1) is 22.9. The van der Waals surface area contributed by atoms with E-state index in [1.807, 2.05) is 24.5 Å². The zero-order valence-electron chi connectivity index (χ0n) is 31.6. The van der Waals surface area contributed by atoms with Crippen LogP contribution in [0.15, 0.2) is 84.2 Å². The van der Waals surface area contributed by atoms with Gasteiger partial charge in [0.15, 0.2) is 0 Å². The van der Waals surface area contributed by atoms with Crippen molar-refractivity contribution in [2.24, 2.45) is 0 Å². The van der Waals surface area contributed by atoms with Gasteiger partial charge in [-0.2, -0.15) is 0 Å². The first-order valence-electron chi connectivity index (χ1n) is 18.6. The van der Waals surface area contributed by atoms with Gasteiger partial charge >= 0.3 is 295 Å². The minimum Gasteiger partial charge on any atom is -0.147 e. The van der Waals surface area contributed by atoms with Crippen molar-refractivity contribution in [3.8, 4) is 22.5 Å². The van der Waals surface area contributed by atoms with Gasteiger partial charge in [-0.3, -0.25) is 0 Å². The van der Waals surface area contributed by atoms with Gasteiger partial charge in [0.1, 0.15) is 0 Å². The van der Waals surface area contributed by atoms with Crippen molar-refractivity contribution in [1.82, 2.24) is 9.97 Å². The molecule has 0 saturated carbocycles. The predicted octanol–water partition coefficient (Wildman–Crippen LogP) is 13.2. The molecule has 0 spiro atoms. The number of benzene rings is 2. The number of hydrogen-bond donors (Lipinski definition) is 0. The summed E-state index contributed by atoms with van der Waals surface area (Å²) in [4.78, 5) is 9.82. The molecule has 2 atom stereocenters. The van der Waals surface area contributed by atoms with Crippen LogP contribution in [0, 0.1) is 0 Å². The van der Waals surface area contributed by atoms with Crippen LogP contribution in [0.5, 0.6) is 0 Å². The van der Waals surface area contributed by atoms with E-state index in [9.17, 15) is 0 Å². The number of hydrogen-bond acceptors (Lipinski definition) is 2. The summed E-state index contributed by atoms with van der Waals surface area (Å²) >= 11 is -3.85. The molecule has 0 radical (unpaired) electrons. The topological polar surface area (TPSA) is 25.8 Å². The molecule has 0 N–H and O–H groups in total. The summed E-state index contributed by atoms with van der Waals surface area (Å²) < 4.78 is 6.64. The van der Waals surface area contributed by atoms with Crippen LogP contribution in [-0.4, -0.2) is 16.8 Å². The molecule has 0 saturated heterocycles. The van der Waals surface area contributed by atoms with E-state index in [0.29, 0.717) is 19.1 Å². The molecule has 6 rings (SSSR count). The molecule has 0 amide bonds. The molecule has 0 bridgehead atoms. The molecule has 2 nitrogen and oxygen atoms in total. The van der Waals surface area contributed by atoms with Crippen LogP contribution in [0.4, 0.5) is 0 Å². The molecule has 266 valence electrons. The summed E-state index contributed by atoms with van der Waals surface area (Å²) in [6.45, 7) is 16.6. The standard InChI is InChI=1S/2C21H24N.2CH3.2ClH.H2Si.Zr/c2*1-4-5-8-16-11-18-13-17(15(2)3)14-20(19(18)12-16)21-9-6-7-10-22-21;;;;;;/h2*6-7,9-15H,4-5,8H2,1-3H3;2*1H3;2*1H;1H2;. The Bertz CT molecular complexity index is 1810. The van der Waals surface area contributed by atoms with E-state index in [2.05, 4.69) is 118 Å². The SMILES string of the molecule is CCCCC1=Cc2c(-c3ccccn3)cc(C(C)C)cc2[CH]1[Zr]([CH3])([CH3])(=[SiH2])[CH]1C(CCCC)=Cc2c(-c3ccccn3)cc(C(C)C)cc21.Cl.Cl. The Morgan fingerprint density at radius 2 is 1.04 bits per heavy atom. The molecule has 4 aromatic rings. The van der Waals surface area contributed by atoms with Crippen molar-refractivity contribution in [1.29, 1.82) is 0 Å². The van der Waals surface area contributed by atoms with E-state index in [1.165, 1.54) is 71.9 Å². The first-order valence-corrected chi connectivity index (χ1v) is 32.3. The summed E-state index contributed by atoms with van der Waals surface area (Å²) in [6, 6.07) is 22.9. The largest absolute Gasteiger partial charge is 0.147 e. The van der Waals surface area contributed by atoms with E-state index in [-0.39, 0.29) is 24.8 Å². The van der Waals surface area contributed by atoms with Gasteiger partial charge in [0, 0.05) is 0 Å². The fourth-order valence-electron chi connectivity index (χ4n) is 8.87. The van der Waals surface area contributed by atoms with Gasteiger partial charge in [-0.25, -0.2) is 0 Å². The second-order valence-electron chi connectivity index (χ2n) is 16.3. The maximum atomic E-state index is 4.91. The van der Waals surface area contributed by atoms with E-state index in [1.54, 1.807) is 22.3 Å². The fourth-order valence-corrected chi connectivity index (χ4v) is 28.7. The number of fused-ring (bicyclic) bond motifs is 2. The van der Waals surface area contributed by atoms with Crippen molar-refractivity contribution in [3.05, 3.63) is 118 Å². The minimum atomic E-state index is -3.85. The second-order valence-corrected chi connectivity index (χ2v) is 46.8. The van der Waals surface area contributed by atoms with Gasteiger partial charge in [0.2, 0.25) is 0 Å². The summed E-state index contributed by atoms with van der Waals surface area (Å²) in [5, 5.41) is 0. The number of rotatable bonds is 12. The minimum absolute atomic E-state index is 0. The van der Waals surface area contributed by atoms with Crippen LogP contribution < -0.4 is 0 Å². The average molecular weight is 805 g/mol. The van der Waals surface area contributed by atoms with E-state index >= 15 is 0 Å². The first kappa shape index (κ1) is 40.7. The van der Waals surface area contributed by atoms with Crippen molar-refractivity contribution in [3.63, 3.8) is 0 Å². The van der Waals surface area contributed by atoms with Crippen LogP contribution in [0.1, 0.15) is 133 Å². The molecule has 2 aromatic heterocycles. The monoisotopic (exact) mass is 802 g/mol. The van der Waals surface area contributed by atoms with Gasteiger partial charge in [0.05, 0.1) is 0 Å². The third-order valence-corrected chi connectivity index (χ3v) is 28.7. The fraction of sp³-hybridized carbons (Fsp3) is 0.409. The number of aromatic nitrogens is 2. The van der Waals surface area contributed by atoms with Gasteiger partial charge in [-0.1, -0.05) is 0 Å². The Hall–Kier alpha value is -2.10. The van der Waals surface area contributed by atoms with Crippen molar-refractivity contribution in [2.45, 2.75) is 108 Å². The van der Waals surface area contributed by atoms with Gasteiger partial charge in [-0.15, -0.1) is 24.8 Å². The normalized spacial score (nSPS) is 16.8. The number of unbranched alkanes of at least 4 members (excludes halogenated alkanes) is 2. The predicted molar refractivity (Wildman–Crippen MR) is 223 cm³/mol. The zero-order chi connectivity index (χ0) is 34.2. The molecular formula is C44H58Cl2N2SiZr. The summed E-state index contributed by atoms with van der Waals surface area (Å²) in [7, 11) is 0. The van der Waals surface area contributed by atoms with Crippen molar-refractivity contribution in [2.75, 3.05) is 0 Å². The van der Waals surface area contributed by atoms with Crippen LogP contribution in [0.2, 0.25) is 9.26 Å². The number of halogens is 2. The molecule has 2 aromatic carbocycles. The molecule has 6 heteroatoms. The molecule has 2 heterocycles. The Morgan fingerprint density at radius 3 is 1.36 bits per heavy atom. The molecule has 0 aliphatic heterocycles. The molecule has 2 aliphatic carbocycles. The number of nitrogens with zero attached hydrogens (tertiary/aromatic N) is 2. The zero-order valence-corrected chi connectivity index (χ0v) is 37.1. The number of allylic oxidation sites excluding steroid dienone is 2. The Morgan fingerprint density at radius 1 is 0.640 bits per heavy atom.